The Kier molecular flexibility index (Phi) is 7.31. The number of hydrogen-bond donors (Lipinski definition) is 2. The van der Waals surface area contributed by atoms with E-state index in [1.54, 1.807) is 25.2 Å². The number of thioether (sulfide) groups is 1. The molecule has 11 heteroatoms. The maximum atomic E-state index is 5.63. The number of aromatic nitrogens is 5. The van der Waals surface area contributed by atoms with Crippen molar-refractivity contribution >= 4 is 23.3 Å². The van der Waals surface area contributed by atoms with Gasteiger partial charge in [-0.2, -0.15) is 5.10 Å². The number of imidazole rings is 1. The zero-order chi connectivity index (χ0) is 26.1. The fourth-order valence-electron chi connectivity index (χ4n) is 5.44. The second-order valence-corrected chi connectivity index (χ2v) is 11.1. The number of morpholine rings is 1. The van der Waals surface area contributed by atoms with E-state index in [2.05, 4.69) is 37.5 Å². The van der Waals surface area contributed by atoms with Crippen LogP contribution in [0.4, 0.5) is 5.82 Å². The van der Waals surface area contributed by atoms with Crippen LogP contribution in [0.15, 0.2) is 30.1 Å². The van der Waals surface area contributed by atoms with Crippen molar-refractivity contribution in [2.45, 2.75) is 57.6 Å². The third-order valence-corrected chi connectivity index (χ3v) is 8.39. The number of aryl methyl sites for hydroxylation is 2. The van der Waals surface area contributed by atoms with Gasteiger partial charge in [-0.1, -0.05) is 11.8 Å². The first-order valence-corrected chi connectivity index (χ1v) is 14.4. The minimum absolute atomic E-state index is 0.00561. The monoisotopic (exact) mass is 536 g/mol. The fraction of sp³-hybridized carbons (Fsp3) is 0.519. The number of fused-ring (bicyclic) bond motifs is 1. The lowest BCUT2D eigenvalue weighted by atomic mass is 9.97. The molecule has 202 valence electrons. The molecule has 2 N–H and O–H groups in total. The molecule has 0 spiro atoms. The Morgan fingerprint density at radius 3 is 2.87 bits per heavy atom. The van der Waals surface area contributed by atoms with Crippen LogP contribution < -0.4 is 15.4 Å². The normalized spacial score (nSPS) is 20.5. The Morgan fingerprint density at radius 2 is 2.08 bits per heavy atom. The van der Waals surface area contributed by atoms with Crippen molar-refractivity contribution in [3.8, 4) is 11.6 Å². The quantitative estimate of drug-likeness (QED) is 0.449. The van der Waals surface area contributed by atoms with E-state index in [1.807, 2.05) is 29.8 Å². The molecule has 0 saturated carbocycles. The molecular formula is C27H36N8O2S. The minimum Gasteiger partial charge on any atom is -0.479 e. The van der Waals surface area contributed by atoms with Crippen molar-refractivity contribution in [2.24, 2.45) is 0 Å². The molecule has 38 heavy (non-hydrogen) atoms. The number of hydrogen-bond acceptors (Lipinski definition) is 9. The van der Waals surface area contributed by atoms with E-state index in [9.17, 15) is 0 Å². The average molecular weight is 537 g/mol. The third kappa shape index (κ3) is 5.14. The summed E-state index contributed by atoms with van der Waals surface area (Å²) in [7, 11) is 1.65. The molecule has 0 bridgehead atoms. The van der Waals surface area contributed by atoms with E-state index in [-0.39, 0.29) is 5.50 Å². The van der Waals surface area contributed by atoms with Gasteiger partial charge in [0.2, 0.25) is 5.88 Å². The van der Waals surface area contributed by atoms with Crippen LogP contribution in [0.5, 0.6) is 5.88 Å². The van der Waals surface area contributed by atoms with Gasteiger partial charge < -0.3 is 24.7 Å². The van der Waals surface area contributed by atoms with Crippen LogP contribution in [0, 0.1) is 6.92 Å². The average Bonchev–Trinajstić information content (AvgIpc) is 3.68. The number of methoxy groups -OCH3 is 1. The maximum absolute atomic E-state index is 5.63. The van der Waals surface area contributed by atoms with Gasteiger partial charge in [0.1, 0.15) is 11.5 Å². The molecule has 1 aliphatic carbocycles. The summed E-state index contributed by atoms with van der Waals surface area (Å²) < 4.78 is 15.3. The number of nitrogens with zero attached hydrogens (tertiary/aromatic N) is 6. The Bertz CT molecular complexity index is 1310. The van der Waals surface area contributed by atoms with E-state index in [1.165, 1.54) is 24.1 Å². The highest BCUT2D eigenvalue weighted by Gasteiger charge is 2.27. The van der Waals surface area contributed by atoms with E-state index >= 15 is 0 Å². The van der Waals surface area contributed by atoms with Gasteiger partial charge in [0.25, 0.3) is 0 Å². The first-order valence-electron chi connectivity index (χ1n) is 13.4. The Hall–Kier alpha value is -3.02. The largest absolute Gasteiger partial charge is 0.479 e. The van der Waals surface area contributed by atoms with Crippen molar-refractivity contribution in [3.63, 3.8) is 0 Å². The molecule has 0 radical (unpaired) electrons. The zero-order valence-electron chi connectivity index (χ0n) is 22.3. The SMILES string of the molecule is COc1nc(C2=CSC(Nc3c4c(nn3CC(C)N3CCOCC3)CCCC4)N2)ccc1-n1cnc(C)c1. The number of nitrogens with one attached hydrogen (secondary N) is 2. The van der Waals surface area contributed by atoms with Crippen LogP contribution in [0.3, 0.4) is 0 Å². The van der Waals surface area contributed by atoms with Crippen molar-refractivity contribution < 1.29 is 9.47 Å². The van der Waals surface area contributed by atoms with Gasteiger partial charge in [0.15, 0.2) is 5.50 Å². The molecule has 0 aromatic carbocycles. The molecule has 10 nitrogen and oxygen atoms in total. The third-order valence-electron chi connectivity index (χ3n) is 7.51. The van der Waals surface area contributed by atoms with Gasteiger partial charge >= 0.3 is 0 Å². The predicted octanol–water partition coefficient (Wildman–Crippen LogP) is 3.41. The highest BCUT2D eigenvalue weighted by Crippen LogP contribution is 2.34. The topological polar surface area (TPSA) is 94.3 Å². The standard InChI is InChI=1S/C27H36N8O2S/c1-18-14-34(17-28-18)24-9-8-22(29-26(24)36-3)23-16-38-27(30-23)31-25-20-6-4-5-7-21(20)32-35(25)15-19(2)33-10-12-37-13-11-33/h8-9,14,16-17,19,27,30-31H,4-7,10-13,15H2,1-3H3. The van der Waals surface area contributed by atoms with Crippen LogP contribution in [-0.2, 0) is 24.1 Å². The second kappa shape index (κ2) is 11.0. The molecule has 1 saturated heterocycles. The number of ether oxygens (including phenoxy) is 2. The first kappa shape index (κ1) is 25.3. The van der Waals surface area contributed by atoms with Crippen molar-refractivity contribution in [2.75, 3.05) is 38.7 Å². The van der Waals surface area contributed by atoms with E-state index in [0.29, 0.717) is 11.9 Å². The van der Waals surface area contributed by atoms with E-state index in [0.717, 1.165) is 74.3 Å². The summed E-state index contributed by atoms with van der Waals surface area (Å²) in [6.07, 6.45) is 8.31. The Labute approximate surface area is 227 Å². The molecule has 2 atom stereocenters. The molecule has 3 aromatic rings. The summed E-state index contributed by atoms with van der Waals surface area (Å²) in [6, 6.07) is 4.44. The van der Waals surface area contributed by atoms with Crippen molar-refractivity contribution in [1.82, 2.24) is 34.5 Å². The van der Waals surface area contributed by atoms with Gasteiger partial charge in [0, 0.05) is 36.3 Å². The van der Waals surface area contributed by atoms with Gasteiger partial charge in [-0.15, -0.1) is 0 Å². The smallest absolute Gasteiger partial charge is 0.238 e. The van der Waals surface area contributed by atoms with E-state index in [4.69, 9.17) is 19.6 Å². The summed E-state index contributed by atoms with van der Waals surface area (Å²) in [5.74, 6) is 1.71. The van der Waals surface area contributed by atoms with Crippen LogP contribution in [0.2, 0.25) is 0 Å². The summed E-state index contributed by atoms with van der Waals surface area (Å²) in [5.41, 5.74) is 6.25. The molecule has 5 heterocycles. The van der Waals surface area contributed by atoms with E-state index < -0.39 is 0 Å². The van der Waals surface area contributed by atoms with Crippen LogP contribution in [0.1, 0.15) is 42.4 Å². The summed E-state index contributed by atoms with van der Waals surface area (Å²) in [4.78, 5) is 11.6. The van der Waals surface area contributed by atoms with Crippen molar-refractivity contribution in [3.05, 3.63) is 52.7 Å². The highest BCUT2D eigenvalue weighted by molar-refractivity contribution is 8.03. The van der Waals surface area contributed by atoms with Gasteiger partial charge in [-0.05, 0) is 51.7 Å². The van der Waals surface area contributed by atoms with Gasteiger partial charge in [0.05, 0.1) is 56.0 Å². The lowest BCUT2D eigenvalue weighted by molar-refractivity contribution is 0.0163. The van der Waals surface area contributed by atoms with Crippen LogP contribution in [-0.4, -0.2) is 74.2 Å². The minimum atomic E-state index is -0.00561. The fourth-order valence-corrected chi connectivity index (χ4v) is 6.28. The van der Waals surface area contributed by atoms with Crippen LogP contribution in [0.25, 0.3) is 11.4 Å². The summed E-state index contributed by atoms with van der Waals surface area (Å²) in [6.45, 7) is 8.71. The molecule has 0 amide bonds. The first-order chi connectivity index (χ1) is 18.6. The molecule has 1 fully saturated rings. The predicted molar refractivity (Wildman–Crippen MR) is 149 cm³/mol. The van der Waals surface area contributed by atoms with Gasteiger partial charge in [-0.3, -0.25) is 4.90 Å². The summed E-state index contributed by atoms with van der Waals surface area (Å²) >= 11 is 1.72. The molecule has 3 aliphatic rings. The molecule has 2 aliphatic heterocycles. The maximum Gasteiger partial charge on any atom is 0.238 e. The summed E-state index contributed by atoms with van der Waals surface area (Å²) in [5, 5.41) is 14.6. The van der Waals surface area contributed by atoms with Crippen molar-refractivity contribution in [1.29, 1.82) is 0 Å². The molecule has 6 rings (SSSR count). The van der Waals surface area contributed by atoms with Crippen LogP contribution >= 0.6 is 11.8 Å². The second-order valence-electron chi connectivity index (χ2n) is 10.1. The highest BCUT2D eigenvalue weighted by atomic mass is 32.2. The number of anilines is 1. The lowest BCUT2D eigenvalue weighted by Gasteiger charge is -2.32. The van der Waals surface area contributed by atoms with Gasteiger partial charge in [-0.25, -0.2) is 14.6 Å². The Morgan fingerprint density at radius 1 is 1.24 bits per heavy atom. The molecular weight excluding hydrogens is 500 g/mol. The zero-order valence-corrected chi connectivity index (χ0v) is 23.1. The Balaban J connectivity index is 1.18. The number of pyridine rings is 1. The molecule has 2 unspecified atom stereocenters. The molecule has 3 aromatic heterocycles. The lowest BCUT2D eigenvalue weighted by Crippen LogP contribution is -2.44. The number of rotatable bonds is 8.